The van der Waals surface area contributed by atoms with E-state index in [4.69, 9.17) is 0 Å². The van der Waals surface area contributed by atoms with Crippen LogP contribution in [0.2, 0.25) is 0 Å². The Bertz CT molecular complexity index is 481. The van der Waals surface area contributed by atoms with E-state index in [1.807, 2.05) is 12.1 Å². The zero-order chi connectivity index (χ0) is 13.2. The first-order valence-electron chi connectivity index (χ1n) is 7.10. The van der Waals surface area contributed by atoms with Gasteiger partial charge in [0.25, 0.3) is 0 Å². The number of benzene rings is 1. The Morgan fingerprint density at radius 2 is 1.89 bits per heavy atom. The lowest BCUT2D eigenvalue weighted by Gasteiger charge is -2.37. The number of halogens is 1. The van der Waals surface area contributed by atoms with Crippen molar-refractivity contribution < 1.29 is 4.79 Å². The van der Waals surface area contributed by atoms with Crippen LogP contribution in [0.25, 0.3) is 0 Å². The number of amides is 1. The molecule has 0 atom stereocenters. The Morgan fingerprint density at radius 1 is 1.16 bits per heavy atom. The SMILES string of the molecule is O=C1CN(C2CCCCCC2)c2cc(Br)ccc2N1. The third kappa shape index (κ3) is 2.78. The minimum Gasteiger partial charge on any atom is -0.358 e. The van der Waals surface area contributed by atoms with E-state index in [9.17, 15) is 4.79 Å². The van der Waals surface area contributed by atoms with E-state index >= 15 is 0 Å². The van der Waals surface area contributed by atoms with Gasteiger partial charge in [-0.05, 0) is 31.0 Å². The van der Waals surface area contributed by atoms with Crippen molar-refractivity contribution in [1.82, 2.24) is 0 Å². The first kappa shape index (κ1) is 13.0. The lowest BCUT2D eigenvalue weighted by atomic mass is 10.0. The van der Waals surface area contributed by atoms with E-state index in [0.717, 1.165) is 10.2 Å². The molecule has 0 spiro atoms. The van der Waals surface area contributed by atoms with Gasteiger partial charge in [0.2, 0.25) is 5.91 Å². The minimum atomic E-state index is 0.110. The van der Waals surface area contributed by atoms with Crippen molar-refractivity contribution in [1.29, 1.82) is 0 Å². The zero-order valence-electron chi connectivity index (χ0n) is 11.0. The van der Waals surface area contributed by atoms with Crippen LogP contribution in [0.5, 0.6) is 0 Å². The first-order chi connectivity index (χ1) is 9.24. The molecule has 1 aromatic carbocycles. The molecule has 1 aliphatic carbocycles. The Hall–Kier alpha value is -1.03. The Kier molecular flexibility index (Phi) is 3.78. The van der Waals surface area contributed by atoms with Gasteiger partial charge in [0.05, 0.1) is 17.9 Å². The second-order valence-electron chi connectivity index (χ2n) is 5.48. The van der Waals surface area contributed by atoms with Crippen LogP contribution in [-0.4, -0.2) is 18.5 Å². The van der Waals surface area contributed by atoms with E-state index in [1.165, 1.54) is 44.2 Å². The van der Waals surface area contributed by atoms with Gasteiger partial charge in [-0.3, -0.25) is 4.79 Å². The number of hydrogen-bond acceptors (Lipinski definition) is 2. The van der Waals surface area contributed by atoms with Crippen LogP contribution in [-0.2, 0) is 4.79 Å². The maximum Gasteiger partial charge on any atom is 0.243 e. The third-order valence-electron chi connectivity index (χ3n) is 4.12. The van der Waals surface area contributed by atoms with E-state index in [2.05, 4.69) is 32.2 Å². The van der Waals surface area contributed by atoms with Crippen molar-refractivity contribution in [3.05, 3.63) is 22.7 Å². The molecule has 1 fully saturated rings. The summed E-state index contributed by atoms with van der Waals surface area (Å²) in [5.74, 6) is 0.110. The van der Waals surface area contributed by atoms with Crippen molar-refractivity contribution in [2.75, 3.05) is 16.8 Å². The average molecular weight is 323 g/mol. The van der Waals surface area contributed by atoms with Crippen molar-refractivity contribution >= 4 is 33.2 Å². The van der Waals surface area contributed by atoms with E-state index in [0.29, 0.717) is 12.6 Å². The number of nitrogens with one attached hydrogen (secondary N) is 1. The van der Waals surface area contributed by atoms with Crippen LogP contribution in [0, 0.1) is 0 Å². The summed E-state index contributed by atoms with van der Waals surface area (Å²) in [7, 11) is 0. The van der Waals surface area contributed by atoms with Gasteiger partial charge in [-0.1, -0.05) is 41.6 Å². The number of carbonyl (C=O) groups excluding carboxylic acids is 1. The maximum absolute atomic E-state index is 11.9. The Morgan fingerprint density at radius 3 is 2.63 bits per heavy atom. The summed E-state index contributed by atoms with van der Waals surface area (Å²) < 4.78 is 1.07. The second kappa shape index (κ2) is 5.53. The summed E-state index contributed by atoms with van der Waals surface area (Å²) in [6.07, 6.45) is 7.65. The van der Waals surface area contributed by atoms with Gasteiger partial charge in [0.1, 0.15) is 0 Å². The molecule has 3 nitrogen and oxygen atoms in total. The highest BCUT2D eigenvalue weighted by molar-refractivity contribution is 9.10. The van der Waals surface area contributed by atoms with Crippen molar-refractivity contribution in [3.8, 4) is 0 Å². The highest BCUT2D eigenvalue weighted by Gasteiger charge is 2.28. The molecular weight excluding hydrogens is 304 g/mol. The second-order valence-corrected chi connectivity index (χ2v) is 6.40. The number of nitrogens with zero attached hydrogens (tertiary/aromatic N) is 1. The van der Waals surface area contributed by atoms with Crippen LogP contribution in [0.3, 0.4) is 0 Å². The van der Waals surface area contributed by atoms with Gasteiger partial charge >= 0.3 is 0 Å². The molecule has 3 rings (SSSR count). The smallest absolute Gasteiger partial charge is 0.243 e. The molecule has 1 aliphatic heterocycles. The van der Waals surface area contributed by atoms with Crippen LogP contribution < -0.4 is 10.2 Å². The monoisotopic (exact) mass is 322 g/mol. The predicted molar refractivity (Wildman–Crippen MR) is 81.6 cm³/mol. The van der Waals surface area contributed by atoms with Gasteiger partial charge < -0.3 is 10.2 Å². The fraction of sp³-hybridized carbons (Fsp3) is 0.533. The number of carbonyl (C=O) groups is 1. The molecule has 0 radical (unpaired) electrons. The van der Waals surface area contributed by atoms with Crippen molar-refractivity contribution in [2.45, 2.75) is 44.6 Å². The molecule has 1 amide bonds. The minimum absolute atomic E-state index is 0.110. The zero-order valence-corrected chi connectivity index (χ0v) is 12.6. The van der Waals surface area contributed by atoms with Crippen molar-refractivity contribution in [3.63, 3.8) is 0 Å². The van der Waals surface area contributed by atoms with Crippen molar-refractivity contribution in [2.24, 2.45) is 0 Å². The number of fused-ring (bicyclic) bond motifs is 1. The summed E-state index contributed by atoms with van der Waals surface area (Å²) in [5, 5.41) is 2.97. The number of hydrogen-bond donors (Lipinski definition) is 1. The molecule has 2 aliphatic rings. The summed E-state index contributed by atoms with van der Waals surface area (Å²) in [6.45, 7) is 0.494. The fourth-order valence-electron chi connectivity index (χ4n) is 3.17. The van der Waals surface area contributed by atoms with Gasteiger partial charge in [-0.15, -0.1) is 0 Å². The predicted octanol–water partition coefficient (Wildman–Crippen LogP) is 3.93. The summed E-state index contributed by atoms with van der Waals surface area (Å²) in [4.78, 5) is 14.2. The fourth-order valence-corrected chi connectivity index (χ4v) is 3.52. The molecule has 0 bridgehead atoms. The highest BCUT2D eigenvalue weighted by atomic mass is 79.9. The summed E-state index contributed by atoms with van der Waals surface area (Å²) in [5.41, 5.74) is 2.12. The normalized spacial score (nSPS) is 20.7. The summed E-state index contributed by atoms with van der Waals surface area (Å²) >= 11 is 3.53. The molecule has 1 saturated carbocycles. The number of anilines is 2. The van der Waals surface area contributed by atoms with Crippen LogP contribution >= 0.6 is 15.9 Å². The van der Waals surface area contributed by atoms with E-state index < -0.39 is 0 Å². The molecule has 0 aromatic heterocycles. The van der Waals surface area contributed by atoms with Gasteiger partial charge in [-0.25, -0.2) is 0 Å². The lowest BCUT2D eigenvalue weighted by Crippen LogP contribution is -2.44. The van der Waals surface area contributed by atoms with E-state index in [-0.39, 0.29) is 5.91 Å². The Balaban J connectivity index is 1.92. The molecule has 0 unspecified atom stereocenters. The molecule has 102 valence electrons. The topological polar surface area (TPSA) is 32.3 Å². The van der Waals surface area contributed by atoms with Gasteiger partial charge in [0, 0.05) is 10.5 Å². The standard InChI is InChI=1S/C15H19BrN2O/c16-11-7-8-13-14(9-11)18(10-15(19)17-13)12-5-3-1-2-4-6-12/h7-9,12H,1-6,10H2,(H,17,19). The molecule has 19 heavy (non-hydrogen) atoms. The molecule has 4 heteroatoms. The third-order valence-corrected chi connectivity index (χ3v) is 4.62. The quantitative estimate of drug-likeness (QED) is 0.794. The molecule has 1 heterocycles. The number of rotatable bonds is 1. The van der Waals surface area contributed by atoms with Crippen LogP contribution in [0.15, 0.2) is 22.7 Å². The van der Waals surface area contributed by atoms with Crippen LogP contribution in [0.1, 0.15) is 38.5 Å². The lowest BCUT2D eigenvalue weighted by molar-refractivity contribution is -0.115. The highest BCUT2D eigenvalue weighted by Crippen LogP contribution is 2.36. The van der Waals surface area contributed by atoms with Gasteiger partial charge in [-0.2, -0.15) is 0 Å². The molecular formula is C15H19BrN2O. The summed E-state index contributed by atoms with van der Waals surface area (Å²) in [6, 6.07) is 6.61. The van der Waals surface area contributed by atoms with Gasteiger partial charge in [0.15, 0.2) is 0 Å². The van der Waals surface area contributed by atoms with E-state index in [1.54, 1.807) is 0 Å². The molecule has 1 aromatic rings. The largest absolute Gasteiger partial charge is 0.358 e. The first-order valence-corrected chi connectivity index (χ1v) is 7.89. The maximum atomic E-state index is 11.9. The Labute approximate surface area is 122 Å². The van der Waals surface area contributed by atoms with Crippen LogP contribution in [0.4, 0.5) is 11.4 Å². The average Bonchev–Trinajstić information content (AvgIpc) is 2.67. The molecule has 1 N–H and O–H groups in total. The molecule has 0 saturated heterocycles.